The van der Waals surface area contributed by atoms with Crippen molar-refractivity contribution in [3.8, 4) is 33.4 Å². The molecular formula is C52H33NO2. The molecule has 11 rings (SSSR count). The van der Waals surface area contributed by atoms with E-state index in [4.69, 9.17) is 8.83 Å². The monoisotopic (exact) mass is 703 g/mol. The summed E-state index contributed by atoms with van der Waals surface area (Å²) in [5.41, 5.74) is 12.9. The topological polar surface area (TPSA) is 29.5 Å². The zero-order valence-corrected chi connectivity index (χ0v) is 29.8. The molecular weight excluding hydrogens is 671 g/mol. The highest BCUT2D eigenvalue weighted by Gasteiger charge is 2.25. The molecule has 3 nitrogen and oxygen atoms in total. The fraction of sp³-hybridized carbons (Fsp3) is 0. The van der Waals surface area contributed by atoms with Gasteiger partial charge in [0.2, 0.25) is 0 Å². The average molecular weight is 704 g/mol. The van der Waals surface area contributed by atoms with Crippen LogP contribution < -0.4 is 4.90 Å². The highest BCUT2D eigenvalue weighted by molar-refractivity contribution is 6.16. The summed E-state index contributed by atoms with van der Waals surface area (Å²) in [6, 6.07) is 70.8. The molecule has 0 saturated heterocycles. The third kappa shape index (κ3) is 5.20. The molecule has 0 N–H and O–H groups in total. The molecule has 11 aromatic rings. The van der Waals surface area contributed by atoms with Gasteiger partial charge >= 0.3 is 0 Å². The SMILES string of the molecule is c1ccc(-c2cc(N(c3ccc(-c4ccc5ccccc5c4)cc3)c3cccc4c3oc3ccccc34)c3oc4c(-c5ccccc5)cccc4c3c2)cc1. The Hall–Kier alpha value is -7.36. The molecule has 0 aliphatic carbocycles. The van der Waals surface area contributed by atoms with Crippen LogP contribution in [-0.4, -0.2) is 0 Å². The third-order valence-corrected chi connectivity index (χ3v) is 10.8. The van der Waals surface area contributed by atoms with Gasteiger partial charge in [0, 0.05) is 32.8 Å². The number of hydrogen-bond donors (Lipinski definition) is 0. The van der Waals surface area contributed by atoms with E-state index in [1.54, 1.807) is 0 Å². The second-order valence-corrected chi connectivity index (χ2v) is 14.1. The summed E-state index contributed by atoms with van der Waals surface area (Å²) >= 11 is 0. The molecule has 2 heterocycles. The number of rotatable bonds is 6. The van der Waals surface area contributed by atoms with Crippen LogP contribution in [-0.2, 0) is 0 Å². The Kier molecular flexibility index (Phi) is 7.17. The molecule has 0 amide bonds. The molecule has 2 aromatic heterocycles. The molecule has 0 aliphatic rings. The zero-order chi connectivity index (χ0) is 36.3. The molecule has 0 saturated carbocycles. The maximum absolute atomic E-state index is 7.12. The minimum atomic E-state index is 0.810. The third-order valence-electron chi connectivity index (χ3n) is 10.8. The molecule has 55 heavy (non-hydrogen) atoms. The van der Waals surface area contributed by atoms with Crippen molar-refractivity contribution in [2.24, 2.45) is 0 Å². The van der Waals surface area contributed by atoms with Crippen molar-refractivity contribution in [1.82, 2.24) is 0 Å². The number of furan rings is 2. The van der Waals surface area contributed by atoms with E-state index >= 15 is 0 Å². The summed E-state index contributed by atoms with van der Waals surface area (Å²) in [7, 11) is 0. The predicted molar refractivity (Wildman–Crippen MR) is 229 cm³/mol. The minimum absolute atomic E-state index is 0.810. The van der Waals surface area contributed by atoms with Crippen LogP contribution in [0.2, 0.25) is 0 Å². The van der Waals surface area contributed by atoms with Crippen molar-refractivity contribution in [3.63, 3.8) is 0 Å². The van der Waals surface area contributed by atoms with Gasteiger partial charge in [-0.25, -0.2) is 0 Å². The highest BCUT2D eigenvalue weighted by Crippen LogP contribution is 2.48. The molecule has 9 aromatic carbocycles. The van der Waals surface area contributed by atoms with Gasteiger partial charge in [0.25, 0.3) is 0 Å². The van der Waals surface area contributed by atoms with Crippen molar-refractivity contribution in [3.05, 3.63) is 200 Å². The lowest BCUT2D eigenvalue weighted by molar-refractivity contribution is 0.666. The summed E-state index contributed by atoms with van der Waals surface area (Å²) in [4.78, 5) is 2.31. The van der Waals surface area contributed by atoms with Crippen LogP contribution in [0.15, 0.2) is 209 Å². The van der Waals surface area contributed by atoms with Gasteiger partial charge in [-0.2, -0.15) is 0 Å². The first-order valence-electron chi connectivity index (χ1n) is 18.7. The van der Waals surface area contributed by atoms with Crippen molar-refractivity contribution in [2.45, 2.75) is 0 Å². The van der Waals surface area contributed by atoms with Gasteiger partial charge in [0.1, 0.15) is 11.2 Å². The lowest BCUT2D eigenvalue weighted by atomic mass is 9.98. The van der Waals surface area contributed by atoms with E-state index in [-0.39, 0.29) is 0 Å². The summed E-state index contributed by atoms with van der Waals surface area (Å²) in [5.74, 6) is 0. The molecule has 0 bridgehead atoms. The van der Waals surface area contributed by atoms with Crippen LogP contribution >= 0.6 is 0 Å². The first-order chi connectivity index (χ1) is 27.3. The quantitative estimate of drug-likeness (QED) is 0.173. The van der Waals surface area contributed by atoms with Crippen molar-refractivity contribution in [2.75, 3.05) is 4.90 Å². The minimum Gasteiger partial charge on any atom is -0.454 e. The standard InChI is InChI=1S/C52H33NO2/c1-3-13-34(14-4-1)40-32-46-45-21-11-20-42(37-16-5-2-6-17-37)50(45)55-52(46)48(33-40)53(47-23-12-22-44-43-19-9-10-24-49(43)54-51(44)47)41-29-27-36(28-30-41)39-26-25-35-15-7-8-18-38(35)31-39/h1-33H. The molecule has 0 spiro atoms. The maximum atomic E-state index is 7.12. The molecule has 0 unspecified atom stereocenters. The molecule has 258 valence electrons. The van der Waals surface area contributed by atoms with Gasteiger partial charge in [-0.3, -0.25) is 0 Å². The molecule has 0 radical (unpaired) electrons. The first kappa shape index (κ1) is 31.2. The second-order valence-electron chi connectivity index (χ2n) is 14.1. The van der Waals surface area contributed by atoms with Crippen LogP contribution in [0, 0.1) is 0 Å². The molecule has 3 heteroatoms. The van der Waals surface area contributed by atoms with Crippen LogP contribution in [0.1, 0.15) is 0 Å². The van der Waals surface area contributed by atoms with Gasteiger partial charge in [-0.05, 0) is 81.1 Å². The summed E-state index contributed by atoms with van der Waals surface area (Å²) < 4.78 is 13.8. The van der Waals surface area contributed by atoms with Crippen molar-refractivity contribution < 1.29 is 8.83 Å². The van der Waals surface area contributed by atoms with Crippen LogP contribution in [0.25, 0.3) is 88.0 Å². The smallest absolute Gasteiger partial charge is 0.159 e. The van der Waals surface area contributed by atoms with E-state index in [0.29, 0.717) is 0 Å². The van der Waals surface area contributed by atoms with E-state index in [0.717, 1.165) is 88.8 Å². The predicted octanol–water partition coefficient (Wildman–Crippen LogP) is 15.1. The molecule has 0 aliphatic heterocycles. The van der Waals surface area contributed by atoms with Gasteiger partial charge in [0.15, 0.2) is 11.2 Å². The Morgan fingerprint density at radius 1 is 0.309 bits per heavy atom. The summed E-state index contributed by atoms with van der Waals surface area (Å²) in [6.45, 7) is 0. The van der Waals surface area contributed by atoms with Crippen molar-refractivity contribution >= 4 is 71.7 Å². The zero-order valence-electron chi connectivity index (χ0n) is 29.8. The van der Waals surface area contributed by atoms with Crippen LogP contribution in [0.5, 0.6) is 0 Å². The fourth-order valence-electron chi connectivity index (χ4n) is 8.18. The van der Waals surface area contributed by atoms with Crippen LogP contribution in [0.4, 0.5) is 17.1 Å². The number of fused-ring (bicyclic) bond motifs is 7. The first-order valence-corrected chi connectivity index (χ1v) is 18.7. The Bertz CT molecular complexity index is 3190. The Balaban J connectivity index is 1.20. The fourth-order valence-corrected chi connectivity index (χ4v) is 8.18. The van der Waals surface area contributed by atoms with Crippen molar-refractivity contribution in [1.29, 1.82) is 0 Å². The molecule has 0 atom stereocenters. The van der Waals surface area contributed by atoms with E-state index < -0.39 is 0 Å². The molecule has 0 fully saturated rings. The average Bonchev–Trinajstić information content (AvgIpc) is 3.84. The second kappa shape index (κ2) is 12.6. The Morgan fingerprint density at radius 3 is 1.75 bits per heavy atom. The summed E-state index contributed by atoms with van der Waals surface area (Å²) in [6.07, 6.45) is 0. The van der Waals surface area contributed by atoms with Gasteiger partial charge < -0.3 is 13.7 Å². The van der Waals surface area contributed by atoms with E-state index in [2.05, 4.69) is 187 Å². The largest absolute Gasteiger partial charge is 0.454 e. The van der Waals surface area contributed by atoms with Gasteiger partial charge in [-0.15, -0.1) is 0 Å². The van der Waals surface area contributed by atoms with Gasteiger partial charge in [0.05, 0.1) is 11.4 Å². The van der Waals surface area contributed by atoms with Gasteiger partial charge in [-0.1, -0.05) is 158 Å². The lowest BCUT2D eigenvalue weighted by Gasteiger charge is -2.26. The van der Waals surface area contributed by atoms with E-state index in [1.807, 2.05) is 18.2 Å². The number of benzene rings is 9. The number of nitrogens with zero attached hydrogens (tertiary/aromatic N) is 1. The maximum Gasteiger partial charge on any atom is 0.159 e. The Labute approximate surface area is 317 Å². The summed E-state index contributed by atoms with van der Waals surface area (Å²) in [5, 5.41) is 6.74. The van der Waals surface area contributed by atoms with E-state index in [1.165, 1.54) is 16.3 Å². The lowest BCUT2D eigenvalue weighted by Crippen LogP contribution is -2.11. The number of hydrogen-bond acceptors (Lipinski definition) is 3. The Morgan fingerprint density at radius 2 is 0.927 bits per heavy atom. The highest BCUT2D eigenvalue weighted by atomic mass is 16.3. The van der Waals surface area contributed by atoms with E-state index in [9.17, 15) is 0 Å². The number of anilines is 3. The normalized spacial score (nSPS) is 11.6. The number of para-hydroxylation sites is 3. The van der Waals surface area contributed by atoms with Crippen LogP contribution in [0.3, 0.4) is 0 Å².